The summed E-state index contributed by atoms with van der Waals surface area (Å²) in [6.45, 7) is 4.86. The van der Waals surface area contributed by atoms with Crippen molar-refractivity contribution in [1.82, 2.24) is 4.90 Å². The van der Waals surface area contributed by atoms with Crippen LogP contribution in [0, 0.1) is 17.8 Å². The normalized spacial score (nSPS) is 25.0. The molecular formula is C21H29ClF3N3O. The summed E-state index contributed by atoms with van der Waals surface area (Å²) in [4.78, 5) is 16.1. The van der Waals surface area contributed by atoms with E-state index in [1.807, 2.05) is 24.3 Å². The van der Waals surface area contributed by atoms with Gasteiger partial charge in [0.15, 0.2) is 0 Å². The Hall–Kier alpha value is -1.47. The lowest BCUT2D eigenvalue weighted by Gasteiger charge is -2.38. The molecule has 1 saturated carbocycles. The van der Waals surface area contributed by atoms with E-state index in [-0.39, 0.29) is 0 Å². The molecule has 1 aromatic rings. The predicted molar refractivity (Wildman–Crippen MR) is 109 cm³/mol. The van der Waals surface area contributed by atoms with Crippen molar-refractivity contribution in [1.29, 1.82) is 0 Å². The minimum absolute atomic E-state index is 0.433. The van der Waals surface area contributed by atoms with E-state index in [1.165, 1.54) is 5.69 Å². The summed E-state index contributed by atoms with van der Waals surface area (Å²) in [5.74, 6) is -3.46. The number of piperazine rings is 1. The molecule has 1 aromatic carbocycles. The number of carbonyl (C=O) groups is 1. The summed E-state index contributed by atoms with van der Waals surface area (Å²) < 4.78 is 39.3. The van der Waals surface area contributed by atoms with Crippen molar-refractivity contribution in [2.24, 2.45) is 23.5 Å². The fourth-order valence-electron chi connectivity index (χ4n) is 4.72. The van der Waals surface area contributed by atoms with Gasteiger partial charge in [0.25, 0.3) is 0 Å². The Morgan fingerprint density at radius 3 is 2.17 bits per heavy atom. The van der Waals surface area contributed by atoms with Gasteiger partial charge in [0.05, 0.1) is 0 Å². The number of nitrogens with zero attached hydrogens (tertiary/aromatic N) is 2. The average Bonchev–Trinajstić information content (AvgIpc) is 2.67. The van der Waals surface area contributed by atoms with Gasteiger partial charge in [-0.15, -0.1) is 0 Å². The molecule has 4 nitrogen and oxygen atoms in total. The van der Waals surface area contributed by atoms with Crippen molar-refractivity contribution < 1.29 is 18.0 Å². The molecule has 2 aliphatic rings. The minimum atomic E-state index is -4.53. The fraction of sp³-hybridized carbons (Fsp3) is 0.667. The van der Waals surface area contributed by atoms with Crippen LogP contribution in [0.15, 0.2) is 24.3 Å². The lowest BCUT2D eigenvalue weighted by atomic mass is 9.74. The lowest BCUT2D eigenvalue weighted by Crippen LogP contribution is -2.47. The second-order valence-corrected chi connectivity index (χ2v) is 8.73. The molecule has 1 aliphatic heterocycles. The Morgan fingerprint density at radius 1 is 1.07 bits per heavy atom. The molecule has 162 valence electrons. The van der Waals surface area contributed by atoms with Gasteiger partial charge in [0.2, 0.25) is 5.91 Å². The van der Waals surface area contributed by atoms with Crippen molar-refractivity contribution >= 4 is 23.2 Å². The highest BCUT2D eigenvalue weighted by Gasteiger charge is 2.49. The van der Waals surface area contributed by atoms with Gasteiger partial charge < -0.3 is 10.6 Å². The third-order valence-electron chi connectivity index (χ3n) is 6.44. The van der Waals surface area contributed by atoms with Crippen LogP contribution in [0.1, 0.15) is 32.1 Å². The van der Waals surface area contributed by atoms with Crippen molar-refractivity contribution in [3.63, 3.8) is 0 Å². The highest BCUT2D eigenvalue weighted by atomic mass is 35.5. The van der Waals surface area contributed by atoms with E-state index < -0.39 is 23.9 Å². The molecule has 0 spiro atoms. The fourth-order valence-corrected chi connectivity index (χ4v) is 4.84. The van der Waals surface area contributed by atoms with E-state index in [9.17, 15) is 18.0 Å². The first-order chi connectivity index (χ1) is 13.7. The highest BCUT2D eigenvalue weighted by Crippen LogP contribution is 2.41. The van der Waals surface area contributed by atoms with Crippen LogP contribution < -0.4 is 10.6 Å². The number of hydrogen-bond acceptors (Lipinski definition) is 3. The summed E-state index contributed by atoms with van der Waals surface area (Å²) in [5, 5.41) is 0.736. The Bertz CT molecular complexity index is 667. The molecule has 1 heterocycles. The number of amides is 1. The summed E-state index contributed by atoms with van der Waals surface area (Å²) in [6.07, 6.45) is -1.18. The molecule has 1 aliphatic carbocycles. The molecule has 1 unspecified atom stereocenters. The monoisotopic (exact) mass is 431 g/mol. The summed E-state index contributed by atoms with van der Waals surface area (Å²) >= 11 is 5.95. The number of alkyl halides is 3. The molecule has 2 fully saturated rings. The largest absolute Gasteiger partial charge is 0.400 e. The zero-order chi connectivity index (χ0) is 21.0. The number of nitrogens with two attached hydrogens (primary N) is 1. The SMILES string of the molecule is NC(=O)C(C1CCC(CCN2CCN(c3ccc(Cl)cc3)CC2)CC1)C(F)(F)F. The van der Waals surface area contributed by atoms with Crippen LogP contribution in [0.25, 0.3) is 0 Å². The molecular weight excluding hydrogens is 403 g/mol. The predicted octanol–water partition coefficient (Wildman–Crippen LogP) is 4.32. The average molecular weight is 432 g/mol. The second-order valence-electron chi connectivity index (χ2n) is 8.30. The molecule has 0 aromatic heterocycles. The quantitative estimate of drug-likeness (QED) is 0.729. The molecule has 29 heavy (non-hydrogen) atoms. The maximum Gasteiger partial charge on any atom is 0.400 e. The third-order valence-corrected chi connectivity index (χ3v) is 6.69. The summed E-state index contributed by atoms with van der Waals surface area (Å²) in [5.41, 5.74) is 6.21. The standard InChI is InChI=1S/C21H29ClF3N3O/c22-17-5-7-18(8-6-17)28-13-11-27(12-14-28)10-9-15-1-3-16(4-2-15)19(20(26)29)21(23,24)25/h5-8,15-16,19H,1-4,9-14H2,(H2,26,29). The van der Waals surface area contributed by atoms with E-state index in [4.69, 9.17) is 17.3 Å². The van der Waals surface area contributed by atoms with E-state index in [0.717, 1.165) is 57.0 Å². The molecule has 1 atom stereocenters. The van der Waals surface area contributed by atoms with Crippen molar-refractivity contribution in [2.45, 2.75) is 38.3 Å². The van der Waals surface area contributed by atoms with Gasteiger partial charge in [0, 0.05) is 36.9 Å². The van der Waals surface area contributed by atoms with Gasteiger partial charge in [-0.3, -0.25) is 9.69 Å². The highest BCUT2D eigenvalue weighted by molar-refractivity contribution is 6.30. The van der Waals surface area contributed by atoms with Crippen LogP contribution in [0.2, 0.25) is 5.02 Å². The van der Waals surface area contributed by atoms with Gasteiger partial charge in [-0.05, 0) is 61.9 Å². The maximum absolute atomic E-state index is 13.1. The van der Waals surface area contributed by atoms with Crippen molar-refractivity contribution in [2.75, 3.05) is 37.6 Å². The number of benzene rings is 1. The van der Waals surface area contributed by atoms with Gasteiger partial charge in [0.1, 0.15) is 5.92 Å². The Balaban J connectivity index is 1.39. The maximum atomic E-state index is 13.1. The van der Waals surface area contributed by atoms with E-state index >= 15 is 0 Å². The minimum Gasteiger partial charge on any atom is -0.369 e. The molecule has 1 saturated heterocycles. The number of carbonyl (C=O) groups excluding carboxylic acids is 1. The number of halogens is 4. The summed E-state index contributed by atoms with van der Waals surface area (Å²) in [6, 6.07) is 7.88. The first kappa shape index (κ1) is 22.2. The number of anilines is 1. The topological polar surface area (TPSA) is 49.6 Å². The number of hydrogen-bond donors (Lipinski definition) is 1. The number of rotatable bonds is 6. The molecule has 3 rings (SSSR count). The van der Waals surface area contributed by atoms with Crippen LogP contribution in [0.4, 0.5) is 18.9 Å². The van der Waals surface area contributed by atoms with Gasteiger partial charge >= 0.3 is 6.18 Å². The molecule has 1 amide bonds. The van der Waals surface area contributed by atoms with Gasteiger partial charge in [-0.25, -0.2) is 0 Å². The Kier molecular flexibility index (Phi) is 7.32. The lowest BCUT2D eigenvalue weighted by molar-refractivity contribution is -0.194. The van der Waals surface area contributed by atoms with Crippen LogP contribution in [0.3, 0.4) is 0 Å². The van der Waals surface area contributed by atoms with Crippen LogP contribution in [-0.4, -0.2) is 49.7 Å². The Labute approximate surface area is 175 Å². The third kappa shape index (κ3) is 6.01. The molecule has 0 radical (unpaired) electrons. The first-order valence-electron chi connectivity index (χ1n) is 10.3. The van der Waals surface area contributed by atoms with E-state index in [1.54, 1.807) is 0 Å². The van der Waals surface area contributed by atoms with Crippen LogP contribution in [-0.2, 0) is 4.79 Å². The van der Waals surface area contributed by atoms with E-state index in [2.05, 4.69) is 9.80 Å². The zero-order valence-electron chi connectivity index (χ0n) is 16.5. The zero-order valence-corrected chi connectivity index (χ0v) is 17.3. The first-order valence-corrected chi connectivity index (χ1v) is 10.7. The number of primary amides is 1. The van der Waals surface area contributed by atoms with Gasteiger partial charge in [-0.2, -0.15) is 13.2 Å². The smallest absolute Gasteiger partial charge is 0.369 e. The molecule has 8 heteroatoms. The van der Waals surface area contributed by atoms with Crippen molar-refractivity contribution in [3.8, 4) is 0 Å². The molecule has 2 N–H and O–H groups in total. The second kappa shape index (κ2) is 9.56. The molecule has 0 bridgehead atoms. The van der Waals surface area contributed by atoms with Crippen LogP contribution in [0.5, 0.6) is 0 Å². The van der Waals surface area contributed by atoms with Crippen LogP contribution >= 0.6 is 11.6 Å². The van der Waals surface area contributed by atoms with E-state index in [0.29, 0.717) is 18.8 Å². The van der Waals surface area contributed by atoms with Gasteiger partial charge in [-0.1, -0.05) is 24.4 Å². The van der Waals surface area contributed by atoms with Crippen molar-refractivity contribution in [3.05, 3.63) is 29.3 Å². The summed E-state index contributed by atoms with van der Waals surface area (Å²) in [7, 11) is 0. The Morgan fingerprint density at radius 2 is 1.66 bits per heavy atom.